The largest absolute Gasteiger partial charge is 0.493 e. The van der Waals surface area contributed by atoms with Crippen LogP contribution in [0.3, 0.4) is 0 Å². The zero-order valence-corrected chi connectivity index (χ0v) is 12.0. The molecule has 4 nitrogen and oxygen atoms in total. The van der Waals surface area contributed by atoms with Crippen molar-refractivity contribution in [3.63, 3.8) is 0 Å². The number of aliphatic hydroxyl groups excluding tert-OH is 2. The number of rotatable bonds is 7. The van der Waals surface area contributed by atoms with Gasteiger partial charge in [0.2, 0.25) is 0 Å². The fourth-order valence-electron chi connectivity index (χ4n) is 2.09. The highest BCUT2D eigenvalue weighted by Gasteiger charge is 2.14. The molecule has 2 N–H and O–H groups in total. The first-order valence-corrected chi connectivity index (χ1v) is 6.86. The molecule has 0 aromatic heterocycles. The number of hydrogen-bond donors (Lipinski definition) is 2. The van der Waals surface area contributed by atoms with E-state index in [1.165, 1.54) is 0 Å². The second-order valence-electron chi connectivity index (χ2n) is 4.76. The van der Waals surface area contributed by atoms with Crippen LogP contribution in [-0.4, -0.2) is 30.0 Å². The first-order chi connectivity index (χ1) is 10.2. The van der Waals surface area contributed by atoms with Crippen molar-refractivity contribution in [1.29, 1.82) is 0 Å². The Bertz CT molecular complexity index is 554. The summed E-state index contributed by atoms with van der Waals surface area (Å²) in [5.41, 5.74) is 1.86. The molecule has 112 valence electrons. The Morgan fingerprint density at radius 2 is 1.81 bits per heavy atom. The molecule has 0 unspecified atom stereocenters. The molecule has 0 fully saturated rings. The van der Waals surface area contributed by atoms with E-state index < -0.39 is 6.10 Å². The Hall–Kier alpha value is -2.04. The summed E-state index contributed by atoms with van der Waals surface area (Å²) in [4.78, 5) is 0. The van der Waals surface area contributed by atoms with Gasteiger partial charge in [0.05, 0.1) is 19.8 Å². The van der Waals surface area contributed by atoms with E-state index in [0.717, 1.165) is 11.1 Å². The van der Waals surface area contributed by atoms with Crippen molar-refractivity contribution in [1.82, 2.24) is 0 Å². The van der Waals surface area contributed by atoms with Crippen LogP contribution in [0.5, 0.6) is 11.5 Å². The molecule has 2 aromatic rings. The SMILES string of the molecule is COc1cccc(C[C@@H](O)CO)c1OCc1ccccc1. The molecule has 4 heteroatoms. The van der Waals surface area contributed by atoms with Crippen molar-refractivity contribution in [2.45, 2.75) is 19.1 Å². The first kappa shape index (κ1) is 15.4. The maximum absolute atomic E-state index is 9.64. The zero-order valence-electron chi connectivity index (χ0n) is 12.0. The van der Waals surface area contributed by atoms with E-state index in [-0.39, 0.29) is 6.61 Å². The number of benzene rings is 2. The third-order valence-electron chi connectivity index (χ3n) is 3.17. The summed E-state index contributed by atoms with van der Waals surface area (Å²) in [6.07, 6.45) is -0.492. The number of hydrogen-bond acceptors (Lipinski definition) is 4. The number of aliphatic hydroxyl groups is 2. The van der Waals surface area contributed by atoms with E-state index in [2.05, 4.69) is 0 Å². The van der Waals surface area contributed by atoms with Crippen LogP contribution in [0.1, 0.15) is 11.1 Å². The molecule has 0 heterocycles. The van der Waals surface area contributed by atoms with Gasteiger partial charge < -0.3 is 19.7 Å². The monoisotopic (exact) mass is 288 g/mol. The predicted molar refractivity (Wildman–Crippen MR) is 80.6 cm³/mol. The highest BCUT2D eigenvalue weighted by atomic mass is 16.5. The van der Waals surface area contributed by atoms with Crippen molar-refractivity contribution in [3.8, 4) is 11.5 Å². The lowest BCUT2D eigenvalue weighted by molar-refractivity contribution is 0.0946. The average Bonchev–Trinajstić information content (AvgIpc) is 2.54. The van der Waals surface area contributed by atoms with E-state index >= 15 is 0 Å². The smallest absolute Gasteiger partial charge is 0.164 e. The summed E-state index contributed by atoms with van der Waals surface area (Å²) in [6.45, 7) is 0.138. The maximum Gasteiger partial charge on any atom is 0.164 e. The Kier molecular flexibility index (Phi) is 5.60. The van der Waals surface area contributed by atoms with E-state index in [9.17, 15) is 5.11 Å². The lowest BCUT2D eigenvalue weighted by atomic mass is 10.1. The molecule has 2 aromatic carbocycles. The van der Waals surface area contributed by atoms with Crippen molar-refractivity contribution < 1.29 is 19.7 Å². The summed E-state index contributed by atoms with van der Waals surface area (Å²) in [7, 11) is 1.58. The molecular weight excluding hydrogens is 268 g/mol. The number of methoxy groups -OCH3 is 1. The number of ether oxygens (including phenoxy) is 2. The lowest BCUT2D eigenvalue weighted by Crippen LogP contribution is -2.16. The van der Waals surface area contributed by atoms with Gasteiger partial charge >= 0.3 is 0 Å². The maximum atomic E-state index is 9.64. The summed E-state index contributed by atoms with van der Waals surface area (Å²) in [5, 5.41) is 18.6. The third kappa shape index (κ3) is 4.21. The van der Waals surface area contributed by atoms with Gasteiger partial charge in [0, 0.05) is 12.0 Å². The highest BCUT2D eigenvalue weighted by molar-refractivity contribution is 5.47. The van der Waals surface area contributed by atoms with E-state index in [4.69, 9.17) is 14.6 Å². The summed E-state index contributed by atoms with van der Waals surface area (Å²) < 4.78 is 11.2. The molecule has 0 amide bonds. The summed E-state index contributed by atoms with van der Waals surface area (Å²) >= 11 is 0. The van der Waals surface area contributed by atoms with Gasteiger partial charge in [0.15, 0.2) is 11.5 Å². The molecule has 0 saturated carbocycles. The molecule has 21 heavy (non-hydrogen) atoms. The fraction of sp³-hybridized carbons (Fsp3) is 0.294. The zero-order chi connectivity index (χ0) is 15.1. The standard InChI is InChI=1S/C17H20O4/c1-20-16-9-5-8-14(10-15(19)11-18)17(16)21-12-13-6-3-2-4-7-13/h2-9,15,18-19H,10-12H2,1H3/t15-/m1/s1. The Balaban J connectivity index is 2.18. The van der Waals surface area contributed by atoms with Crippen LogP contribution >= 0.6 is 0 Å². The molecule has 0 radical (unpaired) electrons. The van der Waals surface area contributed by atoms with Gasteiger partial charge in [-0.2, -0.15) is 0 Å². The molecule has 0 bridgehead atoms. The van der Waals surface area contributed by atoms with Gasteiger partial charge in [-0.25, -0.2) is 0 Å². The van der Waals surface area contributed by atoms with Crippen molar-refractivity contribution in [2.75, 3.05) is 13.7 Å². The third-order valence-corrected chi connectivity index (χ3v) is 3.17. The van der Waals surface area contributed by atoms with Crippen LogP contribution in [0.15, 0.2) is 48.5 Å². The Morgan fingerprint density at radius 3 is 2.48 bits per heavy atom. The second-order valence-corrected chi connectivity index (χ2v) is 4.76. The average molecular weight is 288 g/mol. The Labute approximate surface area is 124 Å². The summed E-state index contributed by atoms with van der Waals surface area (Å²) in [6, 6.07) is 15.4. The normalized spacial score (nSPS) is 12.0. The van der Waals surface area contributed by atoms with E-state index in [0.29, 0.717) is 24.5 Å². The molecule has 0 aliphatic rings. The van der Waals surface area contributed by atoms with Crippen LogP contribution < -0.4 is 9.47 Å². The minimum Gasteiger partial charge on any atom is -0.493 e. The van der Waals surface area contributed by atoms with Gasteiger partial charge in [0.25, 0.3) is 0 Å². The van der Waals surface area contributed by atoms with Gasteiger partial charge in [-0.05, 0) is 11.6 Å². The topological polar surface area (TPSA) is 58.9 Å². The first-order valence-electron chi connectivity index (χ1n) is 6.86. The fourth-order valence-corrected chi connectivity index (χ4v) is 2.09. The molecule has 0 spiro atoms. The molecule has 1 atom stereocenters. The molecular formula is C17H20O4. The molecule has 0 aliphatic carbocycles. The van der Waals surface area contributed by atoms with Crippen molar-refractivity contribution in [2.24, 2.45) is 0 Å². The Morgan fingerprint density at radius 1 is 1.05 bits per heavy atom. The van der Waals surface area contributed by atoms with Crippen LogP contribution in [0.2, 0.25) is 0 Å². The van der Waals surface area contributed by atoms with Crippen molar-refractivity contribution in [3.05, 3.63) is 59.7 Å². The van der Waals surface area contributed by atoms with E-state index in [1.54, 1.807) is 7.11 Å². The minimum atomic E-state index is -0.809. The molecule has 2 rings (SSSR count). The van der Waals surface area contributed by atoms with Gasteiger partial charge in [-0.1, -0.05) is 42.5 Å². The van der Waals surface area contributed by atoms with Gasteiger partial charge in [0.1, 0.15) is 6.61 Å². The van der Waals surface area contributed by atoms with Crippen LogP contribution in [-0.2, 0) is 13.0 Å². The highest BCUT2D eigenvalue weighted by Crippen LogP contribution is 2.32. The van der Waals surface area contributed by atoms with Crippen LogP contribution in [0.4, 0.5) is 0 Å². The molecule has 0 aliphatic heterocycles. The van der Waals surface area contributed by atoms with E-state index in [1.807, 2.05) is 48.5 Å². The predicted octanol–water partition coefficient (Wildman–Crippen LogP) is 2.17. The quantitative estimate of drug-likeness (QED) is 0.820. The van der Waals surface area contributed by atoms with Crippen LogP contribution in [0.25, 0.3) is 0 Å². The van der Waals surface area contributed by atoms with Crippen molar-refractivity contribution >= 4 is 0 Å². The van der Waals surface area contributed by atoms with Gasteiger partial charge in [-0.3, -0.25) is 0 Å². The summed E-state index contributed by atoms with van der Waals surface area (Å²) in [5.74, 6) is 1.23. The minimum absolute atomic E-state index is 0.282. The molecule has 0 saturated heterocycles. The lowest BCUT2D eigenvalue weighted by Gasteiger charge is -2.16. The van der Waals surface area contributed by atoms with Gasteiger partial charge in [-0.15, -0.1) is 0 Å². The van der Waals surface area contributed by atoms with Crippen LogP contribution in [0, 0.1) is 0 Å². The number of para-hydroxylation sites is 1. The second kappa shape index (κ2) is 7.67.